The Bertz CT molecular complexity index is 291. The first-order valence-corrected chi connectivity index (χ1v) is 4.35. The average Bonchev–Trinajstić information content (AvgIpc) is 2.67. The Morgan fingerprint density at radius 1 is 0.938 bits per heavy atom. The Kier molecular flexibility index (Phi) is 4.62. The van der Waals surface area contributed by atoms with Crippen LogP contribution in [0.1, 0.15) is 14.9 Å². The van der Waals surface area contributed by atoms with Crippen LogP contribution in [0.5, 0.6) is 0 Å². The SMILES string of the molecule is C.C.C=CC1OC(C=C)C2C(=O)OC(=O)C12. The largest absolute Gasteiger partial charge is 0.393 e. The molecule has 0 aromatic rings. The van der Waals surface area contributed by atoms with Gasteiger partial charge in [0.15, 0.2) is 0 Å². The third kappa shape index (κ3) is 1.80. The van der Waals surface area contributed by atoms with Crippen LogP contribution in [0.2, 0.25) is 0 Å². The molecule has 0 amide bonds. The molecule has 16 heavy (non-hydrogen) atoms. The predicted octanol–water partition coefficient (Wildman–Crippen LogP) is 1.71. The molecule has 2 rings (SSSR count). The topological polar surface area (TPSA) is 52.6 Å². The maximum Gasteiger partial charge on any atom is 0.320 e. The van der Waals surface area contributed by atoms with Gasteiger partial charge in [0, 0.05) is 0 Å². The molecule has 2 aliphatic heterocycles. The Balaban J connectivity index is 0.00000112. The molecule has 0 saturated carbocycles. The van der Waals surface area contributed by atoms with Crippen LogP contribution in [0.15, 0.2) is 25.3 Å². The molecule has 4 heteroatoms. The molecule has 2 heterocycles. The van der Waals surface area contributed by atoms with Crippen LogP contribution in [0.25, 0.3) is 0 Å². The molecular weight excluding hydrogens is 208 g/mol. The molecule has 0 aromatic heterocycles. The van der Waals surface area contributed by atoms with Gasteiger partial charge in [-0.05, 0) is 0 Å². The zero-order chi connectivity index (χ0) is 10.3. The fourth-order valence-corrected chi connectivity index (χ4v) is 1.96. The van der Waals surface area contributed by atoms with E-state index < -0.39 is 36.0 Å². The fourth-order valence-electron chi connectivity index (χ4n) is 1.96. The van der Waals surface area contributed by atoms with E-state index in [-0.39, 0.29) is 14.9 Å². The lowest BCUT2D eigenvalue weighted by Gasteiger charge is -2.09. The van der Waals surface area contributed by atoms with Gasteiger partial charge in [-0.2, -0.15) is 0 Å². The molecule has 0 radical (unpaired) electrons. The fraction of sp³-hybridized carbons (Fsp3) is 0.500. The molecule has 2 aliphatic rings. The number of ether oxygens (including phenoxy) is 2. The van der Waals surface area contributed by atoms with Crippen molar-refractivity contribution >= 4 is 11.9 Å². The molecule has 0 aromatic carbocycles. The van der Waals surface area contributed by atoms with E-state index in [2.05, 4.69) is 17.9 Å². The molecule has 0 bridgehead atoms. The minimum absolute atomic E-state index is 0. The van der Waals surface area contributed by atoms with Crippen LogP contribution in [0.4, 0.5) is 0 Å². The van der Waals surface area contributed by atoms with E-state index >= 15 is 0 Å². The molecule has 0 spiro atoms. The summed E-state index contributed by atoms with van der Waals surface area (Å²) in [5, 5.41) is 0. The quantitative estimate of drug-likeness (QED) is 0.408. The summed E-state index contributed by atoms with van der Waals surface area (Å²) in [7, 11) is 0. The molecule has 0 aliphatic carbocycles. The third-order valence-electron chi connectivity index (χ3n) is 2.62. The number of rotatable bonds is 2. The highest BCUT2D eigenvalue weighted by Gasteiger charge is 2.56. The lowest BCUT2D eigenvalue weighted by Crippen LogP contribution is -2.23. The van der Waals surface area contributed by atoms with Crippen LogP contribution in [0.3, 0.4) is 0 Å². The Labute approximate surface area is 95.9 Å². The molecule has 4 atom stereocenters. The van der Waals surface area contributed by atoms with Gasteiger partial charge in [-0.1, -0.05) is 27.0 Å². The summed E-state index contributed by atoms with van der Waals surface area (Å²) >= 11 is 0. The van der Waals surface area contributed by atoms with E-state index in [0.29, 0.717) is 0 Å². The second-order valence-corrected chi connectivity index (χ2v) is 3.33. The third-order valence-corrected chi connectivity index (χ3v) is 2.62. The summed E-state index contributed by atoms with van der Waals surface area (Å²) in [6.07, 6.45) is 2.14. The number of carbonyl (C=O) groups is 2. The standard InChI is InChI=1S/C10H10O4.2CH4/c1-3-5-7-8(6(4-2)13-5)10(12)14-9(7)11;;/h3-8H,1-2H2;2*1H4. The number of hydrogen-bond acceptors (Lipinski definition) is 4. The van der Waals surface area contributed by atoms with Gasteiger partial charge in [-0.25, -0.2) is 0 Å². The molecule has 4 nitrogen and oxygen atoms in total. The van der Waals surface area contributed by atoms with E-state index in [9.17, 15) is 9.59 Å². The van der Waals surface area contributed by atoms with Crippen LogP contribution >= 0.6 is 0 Å². The molecule has 4 unspecified atom stereocenters. The first-order chi connectivity index (χ1) is 6.69. The van der Waals surface area contributed by atoms with Crippen molar-refractivity contribution in [2.24, 2.45) is 11.8 Å². The molecular formula is C12H18O4. The molecule has 90 valence electrons. The van der Waals surface area contributed by atoms with Gasteiger partial charge < -0.3 is 9.47 Å². The zero-order valence-electron chi connectivity index (χ0n) is 7.51. The van der Waals surface area contributed by atoms with Gasteiger partial charge in [0.25, 0.3) is 0 Å². The first kappa shape index (κ1) is 14.6. The second-order valence-electron chi connectivity index (χ2n) is 3.33. The highest BCUT2D eigenvalue weighted by atomic mass is 16.6. The van der Waals surface area contributed by atoms with E-state index in [1.54, 1.807) is 0 Å². The maximum atomic E-state index is 11.3. The Hall–Kier alpha value is -1.42. The summed E-state index contributed by atoms with van der Waals surface area (Å²) < 4.78 is 9.95. The van der Waals surface area contributed by atoms with Crippen LogP contribution in [-0.2, 0) is 19.1 Å². The van der Waals surface area contributed by atoms with Crippen LogP contribution in [0, 0.1) is 11.8 Å². The summed E-state index contributed by atoms with van der Waals surface area (Å²) in [4.78, 5) is 22.6. The number of esters is 2. The minimum atomic E-state index is -0.539. The first-order valence-electron chi connectivity index (χ1n) is 4.35. The van der Waals surface area contributed by atoms with Crippen molar-refractivity contribution in [2.45, 2.75) is 27.1 Å². The number of cyclic esters (lactones) is 2. The minimum Gasteiger partial charge on any atom is -0.393 e. The summed E-state index contributed by atoms with van der Waals surface area (Å²) in [6.45, 7) is 7.11. The van der Waals surface area contributed by atoms with Crippen LogP contribution in [-0.4, -0.2) is 24.1 Å². The Morgan fingerprint density at radius 2 is 1.31 bits per heavy atom. The van der Waals surface area contributed by atoms with E-state index in [4.69, 9.17) is 4.74 Å². The molecule has 0 N–H and O–H groups in total. The van der Waals surface area contributed by atoms with Gasteiger partial charge >= 0.3 is 11.9 Å². The van der Waals surface area contributed by atoms with Crippen LogP contribution < -0.4 is 0 Å². The highest BCUT2D eigenvalue weighted by molar-refractivity contribution is 5.98. The van der Waals surface area contributed by atoms with Crippen molar-refractivity contribution in [2.75, 3.05) is 0 Å². The highest BCUT2D eigenvalue weighted by Crippen LogP contribution is 2.39. The zero-order valence-corrected chi connectivity index (χ0v) is 7.51. The normalized spacial score (nSPS) is 35.5. The lowest BCUT2D eigenvalue weighted by molar-refractivity contribution is -0.156. The van der Waals surface area contributed by atoms with E-state index in [1.165, 1.54) is 12.2 Å². The van der Waals surface area contributed by atoms with Crippen molar-refractivity contribution in [3.05, 3.63) is 25.3 Å². The van der Waals surface area contributed by atoms with Gasteiger partial charge in [-0.3, -0.25) is 9.59 Å². The van der Waals surface area contributed by atoms with E-state index in [0.717, 1.165) is 0 Å². The summed E-state index contributed by atoms with van der Waals surface area (Å²) in [6, 6.07) is 0. The van der Waals surface area contributed by atoms with Crippen molar-refractivity contribution in [3.8, 4) is 0 Å². The molecule has 2 fully saturated rings. The Morgan fingerprint density at radius 3 is 1.62 bits per heavy atom. The van der Waals surface area contributed by atoms with Gasteiger partial charge in [0.1, 0.15) is 11.8 Å². The van der Waals surface area contributed by atoms with Gasteiger partial charge in [0.05, 0.1) is 12.2 Å². The van der Waals surface area contributed by atoms with Crippen molar-refractivity contribution in [1.82, 2.24) is 0 Å². The van der Waals surface area contributed by atoms with Crippen molar-refractivity contribution in [3.63, 3.8) is 0 Å². The predicted molar refractivity (Wildman–Crippen MR) is 60.6 cm³/mol. The number of hydrogen-bond donors (Lipinski definition) is 0. The molecule has 2 saturated heterocycles. The monoisotopic (exact) mass is 226 g/mol. The van der Waals surface area contributed by atoms with Gasteiger partial charge in [-0.15, -0.1) is 13.2 Å². The van der Waals surface area contributed by atoms with E-state index in [1.807, 2.05) is 0 Å². The summed E-state index contributed by atoms with van der Waals surface area (Å²) in [5.74, 6) is -2.12. The average molecular weight is 226 g/mol. The maximum absolute atomic E-state index is 11.3. The second kappa shape index (κ2) is 5.07. The summed E-state index contributed by atoms with van der Waals surface area (Å²) in [5.41, 5.74) is 0. The van der Waals surface area contributed by atoms with Crippen molar-refractivity contribution < 1.29 is 19.1 Å². The number of fused-ring (bicyclic) bond motifs is 1. The number of carbonyl (C=O) groups excluding carboxylic acids is 2. The van der Waals surface area contributed by atoms with Crippen molar-refractivity contribution in [1.29, 1.82) is 0 Å². The van der Waals surface area contributed by atoms with Gasteiger partial charge in [0.2, 0.25) is 0 Å². The lowest BCUT2D eigenvalue weighted by atomic mass is 9.89. The smallest absolute Gasteiger partial charge is 0.320 e.